The van der Waals surface area contributed by atoms with E-state index in [1.54, 1.807) is 0 Å². The first-order valence-electron chi connectivity index (χ1n) is 4.97. The largest absolute Gasteiger partial charge is 0.294 e. The molecule has 2 N–H and O–H groups in total. The van der Waals surface area contributed by atoms with E-state index in [2.05, 4.69) is 15.2 Å². The molecule has 0 saturated carbocycles. The molecule has 1 heterocycles. The summed E-state index contributed by atoms with van der Waals surface area (Å²) in [5.41, 5.74) is 0.733. The third-order valence-corrected chi connectivity index (χ3v) is 2.43. The Kier molecular flexibility index (Phi) is 3.26. The van der Waals surface area contributed by atoms with Crippen molar-refractivity contribution in [3.05, 3.63) is 46.5 Å². The highest BCUT2D eigenvalue weighted by atomic mass is 32.1. The van der Waals surface area contributed by atoms with E-state index in [1.165, 1.54) is 0 Å². The van der Waals surface area contributed by atoms with E-state index in [9.17, 15) is 4.79 Å². The van der Waals surface area contributed by atoms with E-state index < -0.39 is 0 Å². The molecule has 0 radical (unpaired) electrons. The van der Waals surface area contributed by atoms with Crippen LogP contribution in [-0.4, -0.2) is 21.0 Å². The lowest BCUT2D eigenvalue weighted by Crippen LogP contribution is -2.01. The molecule has 0 aliphatic carbocycles. The Bertz CT molecular complexity index is 529. The topological polar surface area (TPSA) is 61.5 Å². The number of aryl methyl sites for hydroxylation is 1. The van der Waals surface area contributed by atoms with Crippen LogP contribution in [-0.2, 0) is 6.42 Å². The first-order chi connectivity index (χ1) is 7.75. The summed E-state index contributed by atoms with van der Waals surface area (Å²) in [7, 11) is 0. The molecule has 82 valence electrons. The standard InChI is InChI=1S/C11H11N3OS/c15-9(8-4-2-1-3-5-8)6-7-10-12-11(16)14-13-10/h1-5H,6-7H2,(H2,12,13,14,16). The Balaban J connectivity index is 1.96. The molecular weight excluding hydrogens is 222 g/mol. The Morgan fingerprint density at radius 1 is 1.25 bits per heavy atom. The summed E-state index contributed by atoms with van der Waals surface area (Å²) in [4.78, 5) is 15.8. The van der Waals surface area contributed by atoms with Gasteiger partial charge in [-0.3, -0.25) is 15.0 Å². The van der Waals surface area contributed by atoms with Crippen LogP contribution in [0, 0.1) is 4.77 Å². The Morgan fingerprint density at radius 3 is 2.62 bits per heavy atom. The van der Waals surface area contributed by atoms with Gasteiger partial charge in [0.05, 0.1) is 0 Å². The van der Waals surface area contributed by atoms with E-state index in [4.69, 9.17) is 12.2 Å². The van der Waals surface area contributed by atoms with Crippen LogP contribution >= 0.6 is 12.2 Å². The second-order valence-corrected chi connectivity index (χ2v) is 3.79. The number of nitrogens with zero attached hydrogens (tertiary/aromatic N) is 1. The van der Waals surface area contributed by atoms with Gasteiger partial charge in [0.25, 0.3) is 0 Å². The van der Waals surface area contributed by atoms with E-state index >= 15 is 0 Å². The quantitative estimate of drug-likeness (QED) is 0.629. The summed E-state index contributed by atoms with van der Waals surface area (Å²) in [6.07, 6.45) is 1.00. The summed E-state index contributed by atoms with van der Waals surface area (Å²) in [6.45, 7) is 0. The summed E-state index contributed by atoms with van der Waals surface area (Å²) < 4.78 is 0.419. The molecule has 0 saturated heterocycles. The highest BCUT2D eigenvalue weighted by molar-refractivity contribution is 7.71. The van der Waals surface area contributed by atoms with Gasteiger partial charge in [-0.25, -0.2) is 4.98 Å². The fourth-order valence-corrected chi connectivity index (χ4v) is 1.58. The van der Waals surface area contributed by atoms with Gasteiger partial charge in [-0.15, -0.1) is 0 Å². The zero-order chi connectivity index (χ0) is 11.4. The average Bonchev–Trinajstić information content (AvgIpc) is 2.73. The van der Waals surface area contributed by atoms with Crippen LogP contribution in [0.1, 0.15) is 22.6 Å². The van der Waals surface area contributed by atoms with Crippen LogP contribution in [0.5, 0.6) is 0 Å². The number of benzene rings is 1. The minimum Gasteiger partial charge on any atom is -0.294 e. The Morgan fingerprint density at radius 2 is 2.00 bits per heavy atom. The van der Waals surface area contributed by atoms with E-state index in [1.807, 2.05) is 30.3 Å². The molecule has 1 aromatic carbocycles. The van der Waals surface area contributed by atoms with Crippen molar-refractivity contribution in [1.82, 2.24) is 15.2 Å². The average molecular weight is 233 g/mol. The zero-order valence-corrected chi connectivity index (χ0v) is 9.38. The van der Waals surface area contributed by atoms with E-state index in [0.717, 1.165) is 5.56 Å². The van der Waals surface area contributed by atoms with Crippen LogP contribution in [0.3, 0.4) is 0 Å². The van der Waals surface area contributed by atoms with Gasteiger partial charge in [-0.1, -0.05) is 30.3 Å². The zero-order valence-electron chi connectivity index (χ0n) is 8.56. The van der Waals surface area contributed by atoms with Crippen molar-refractivity contribution in [2.24, 2.45) is 0 Å². The summed E-state index contributed by atoms with van der Waals surface area (Å²) in [5.74, 6) is 0.831. The van der Waals surface area contributed by atoms with Gasteiger partial charge < -0.3 is 0 Å². The molecule has 0 bridgehead atoms. The maximum absolute atomic E-state index is 11.7. The second kappa shape index (κ2) is 4.85. The van der Waals surface area contributed by atoms with Gasteiger partial charge in [-0.2, -0.15) is 0 Å². The number of hydrogen-bond donors (Lipinski definition) is 2. The minimum absolute atomic E-state index is 0.114. The number of aromatic nitrogens is 3. The Hall–Kier alpha value is -1.75. The monoisotopic (exact) mass is 233 g/mol. The predicted octanol–water partition coefficient (Wildman–Crippen LogP) is 2.28. The lowest BCUT2D eigenvalue weighted by atomic mass is 10.1. The molecule has 0 amide bonds. The first kappa shape index (κ1) is 10.8. The number of H-pyrrole nitrogens is 2. The smallest absolute Gasteiger partial charge is 0.213 e. The number of nitrogens with one attached hydrogen (secondary N) is 2. The molecule has 0 fully saturated rings. The second-order valence-electron chi connectivity index (χ2n) is 3.40. The molecule has 2 rings (SSSR count). The molecule has 0 unspecified atom stereocenters. The van der Waals surface area contributed by atoms with Crippen LogP contribution in [0.4, 0.5) is 0 Å². The number of ketones is 1. The maximum Gasteiger partial charge on any atom is 0.213 e. The lowest BCUT2D eigenvalue weighted by molar-refractivity contribution is 0.0982. The highest BCUT2D eigenvalue weighted by Gasteiger charge is 2.06. The molecule has 0 aliphatic heterocycles. The molecule has 4 nitrogen and oxygen atoms in total. The summed E-state index contributed by atoms with van der Waals surface area (Å²) in [5, 5.41) is 5.52. The van der Waals surface area contributed by atoms with Crippen molar-refractivity contribution in [3.8, 4) is 0 Å². The lowest BCUT2D eigenvalue weighted by Gasteiger charge is -1.98. The van der Waals surface area contributed by atoms with Crippen LogP contribution in [0.25, 0.3) is 0 Å². The summed E-state index contributed by atoms with van der Waals surface area (Å²) >= 11 is 4.82. The van der Waals surface area contributed by atoms with Gasteiger partial charge >= 0.3 is 0 Å². The minimum atomic E-state index is 0.114. The first-order valence-corrected chi connectivity index (χ1v) is 5.38. The maximum atomic E-state index is 11.7. The van der Waals surface area contributed by atoms with Gasteiger partial charge in [0, 0.05) is 18.4 Å². The normalized spacial score (nSPS) is 10.2. The van der Waals surface area contributed by atoms with Crippen LogP contribution in [0.2, 0.25) is 0 Å². The molecule has 5 heteroatoms. The number of carbonyl (C=O) groups excluding carboxylic acids is 1. The fourth-order valence-electron chi connectivity index (χ4n) is 1.42. The van der Waals surface area contributed by atoms with E-state index in [0.29, 0.717) is 23.4 Å². The molecule has 16 heavy (non-hydrogen) atoms. The molecule has 0 spiro atoms. The third-order valence-electron chi connectivity index (χ3n) is 2.23. The van der Waals surface area contributed by atoms with Crippen molar-refractivity contribution in [2.75, 3.05) is 0 Å². The van der Waals surface area contributed by atoms with Crippen molar-refractivity contribution in [1.29, 1.82) is 0 Å². The molecule has 0 atom stereocenters. The number of rotatable bonds is 4. The third kappa shape index (κ3) is 2.64. The molecule has 0 aliphatic rings. The van der Waals surface area contributed by atoms with Crippen molar-refractivity contribution in [3.63, 3.8) is 0 Å². The van der Waals surface area contributed by atoms with Crippen molar-refractivity contribution >= 4 is 18.0 Å². The van der Waals surface area contributed by atoms with Crippen LogP contribution in [0.15, 0.2) is 30.3 Å². The van der Waals surface area contributed by atoms with Gasteiger partial charge in [0.1, 0.15) is 5.82 Å². The van der Waals surface area contributed by atoms with Gasteiger partial charge in [0.2, 0.25) is 4.77 Å². The van der Waals surface area contributed by atoms with Crippen molar-refractivity contribution in [2.45, 2.75) is 12.8 Å². The fraction of sp³-hybridized carbons (Fsp3) is 0.182. The predicted molar refractivity (Wildman–Crippen MR) is 62.9 cm³/mol. The van der Waals surface area contributed by atoms with Gasteiger partial charge in [0.15, 0.2) is 5.78 Å². The number of hydrogen-bond acceptors (Lipinski definition) is 3. The molecular formula is C11H11N3OS. The highest BCUT2D eigenvalue weighted by Crippen LogP contribution is 2.05. The summed E-state index contributed by atoms with van der Waals surface area (Å²) in [6, 6.07) is 9.23. The molecule has 2 aromatic rings. The number of aromatic amines is 2. The molecule has 1 aromatic heterocycles. The number of carbonyl (C=O) groups is 1. The number of Topliss-reactive ketones (excluding diaryl/α,β-unsaturated/α-hetero) is 1. The van der Waals surface area contributed by atoms with Crippen LogP contribution < -0.4 is 0 Å². The Labute approximate surface area is 97.7 Å². The van der Waals surface area contributed by atoms with Crippen molar-refractivity contribution < 1.29 is 4.79 Å². The van der Waals surface area contributed by atoms with Gasteiger partial charge in [-0.05, 0) is 12.2 Å². The van der Waals surface area contributed by atoms with E-state index in [-0.39, 0.29) is 5.78 Å². The SMILES string of the molecule is O=C(CCc1nc(=S)[nH][nH]1)c1ccccc1.